The Morgan fingerprint density at radius 3 is 2.65 bits per heavy atom. The van der Waals surface area contributed by atoms with E-state index in [2.05, 4.69) is 0 Å². The molecule has 0 radical (unpaired) electrons. The highest BCUT2D eigenvalue weighted by Gasteiger charge is 2.46. The van der Waals surface area contributed by atoms with Crippen molar-refractivity contribution >= 4 is 5.97 Å². The van der Waals surface area contributed by atoms with Gasteiger partial charge < -0.3 is 9.84 Å². The first-order chi connectivity index (χ1) is 9.65. The van der Waals surface area contributed by atoms with Crippen molar-refractivity contribution in [3.63, 3.8) is 0 Å². The van der Waals surface area contributed by atoms with Gasteiger partial charge in [0.15, 0.2) is 0 Å². The molecule has 0 unspecified atom stereocenters. The van der Waals surface area contributed by atoms with E-state index in [9.17, 15) is 14.3 Å². The van der Waals surface area contributed by atoms with E-state index in [4.69, 9.17) is 4.74 Å². The molecule has 1 aliphatic heterocycles. The van der Waals surface area contributed by atoms with Gasteiger partial charge in [-0.25, -0.2) is 4.39 Å². The fraction of sp³-hybridized carbons (Fsp3) is 0.562. The molecule has 1 N–H and O–H groups in total. The van der Waals surface area contributed by atoms with Gasteiger partial charge in [0.1, 0.15) is 11.6 Å². The van der Waals surface area contributed by atoms with Crippen molar-refractivity contribution in [3.05, 3.63) is 29.1 Å². The maximum atomic E-state index is 14.4. The van der Waals surface area contributed by atoms with Crippen LogP contribution in [0.15, 0.2) is 12.1 Å². The van der Waals surface area contributed by atoms with Crippen LogP contribution in [0.1, 0.15) is 49.7 Å². The van der Waals surface area contributed by atoms with Crippen LogP contribution in [-0.2, 0) is 16.6 Å². The number of ether oxygens (including phenoxy) is 1. The van der Waals surface area contributed by atoms with Crippen LogP contribution in [-0.4, -0.2) is 17.7 Å². The summed E-state index contributed by atoms with van der Waals surface area (Å²) in [5.74, 6) is -0.853. The molecule has 1 aromatic carbocycles. The normalized spacial score (nSPS) is 20.9. The van der Waals surface area contributed by atoms with Gasteiger partial charge in [-0.2, -0.15) is 0 Å². The summed E-state index contributed by atoms with van der Waals surface area (Å²) >= 11 is 0. The molecule has 1 aromatic rings. The molecular formula is C16H19FO3. The van der Waals surface area contributed by atoms with Crippen molar-refractivity contribution in [3.8, 4) is 5.75 Å². The molecule has 0 spiro atoms. The molecule has 108 valence electrons. The Labute approximate surface area is 117 Å². The lowest BCUT2D eigenvalue weighted by Crippen LogP contribution is -2.39. The molecule has 0 bridgehead atoms. The molecule has 0 atom stereocenters. The molecule has 1 fully saturated rings. The Morgan fingerprint density at radius 1 is 1.20 bits per heavy atom. The van der Waals surface area contributed by atoms with Crippen molar-refractivity contribution < 1.29 is 19.0 Å². The van der Waals surface area contributed by atoms with Crippen LogP contribution in [0, 0.1) is 5.82 Å². The molecule has 0 saturated heterocycles. The van der Waals surface area contributed by atoms with Crippen LogP contribution in [0.5, 0.6) is 5.75 Å². The quantitative estimate of drug-likeness (QED) is 0.901. The minimum absolute atomic E-state index is 0.293. The summed E-state index contributed by atoms with van der Waals surface area (Å²) < 4.78 is 20.1. The lowest BCUT2D eigenvalue weighted by Gasteiger charge is -2.36. The molecule has 20 heavy (non-hydrogen) atoms. The Morgan fingerprint density at radius 2 is 1.95 bits per heavy atom. The summed E-state index contributed by atoms with van der Waals surface area (Å²) in [6.45, 7) is 0.541. The predicted octanol–water partition coefficient (Wildman–Crippen LogP) is 3.44. The van der Waals surface area contributed by atoms with E-state index in [0.717, 1.165) is 37.7 Å². The molecule has 1 saturated carbocycles. The average Bonchev–Trinajstić information content (AvgIpc) is 2.47. The van der Waals surface area contributed by atoms with Crippen molar-refractivity contribution in [1.29, 1.82) is 0 Å². The van der Waals surface area contributed by atoms with E-state index in [1.165, 1.54) is 6.07 Å². The number of rotatable bonds is 2. The molecule has 3 rings (SSSR count). The van der Waals surface area contributed by atoms with E-state index in [0.29, 0.717) is 30.8 Å². The largest absolute Gasteiger partial charge is 0.493 e. The van der Waals surface area contributed by atoms with Crippen LogP contribution < -0.4 is 4.74 Å². The fourth-order valence-corrected chi connectivity index (χ4v) is 3.57. The fourth-order valence-electron chi connectivity index (χ4n) is 3.57. The number of benzene rings is 1. The molecule has 1 heterocycles. The van der Waals surface area contributed by atoms with Crippen LogP contribution in [0.4, 0.5) is 4.39 Å². The van der Waals surface area contributed by atoms with Gasteiger partial charge in [-0.3, -0.25) is 4.79 Å². The first kappa shape index (κ1) is 13.4. The number of aryl methyl sites for hydroxylation is 1. The number of hydrogen-bond donors (Lipinski definition) is 1. The Balaban J connectivity index is 2.18. The zero-order valence-corrected chi connectivity index (χ0v) is 11.5. The minimum atomic E-state index is -1.11. The van der Waals surface area contributed by atoms with E-state index >= 15 is 0 Å². The maximum Gasteiger partial charge on any atom is 0.314 e. The highest BCUT2D eigenvalue weighted by molar-refractivity contribution is 5.83. The van der Waals surface area contributed by atoms with Gasteiger partial charge in [-0.1, -0.05) is 25.3 Å². The monoisotopic (exact) mass is 278 g/mol. The zero-order valence-electron chi connectivity index (χ0n) is 11.5. The maximum absolute atomic E-state index is 14.4. The van der Waals surface area contributed by atoms with Gasteiger partial charge in [0.2, 0.25) is 0 Å². The third-order valence-electron chi connectivity index (χ3n) is 4.62. The van der Waals surface area contributed by atoms with Crippen LogP contribution in [0.2, 0.25) is 0 Å². The lowest BCUT2D eigenvalue weighted by molar-refractivity contribution is -0.145. The van der Waals surface area contributed by atoms with Crippen molar-refractivity contribution in [1.82, 2.24) is 0 Å². The average molecular weight is 278 g/mol. The Kier molecular flexibility index (Phi) is 3.40. The zero-order chi connectivity index (χ0) is 14.2. The number of halogens is 1. The summed E-state index contributed by atoms with van der Waals surface area (Å²) in [7, 11) is 0. The van der Waals surface area contributed by atoms with E-state index in [-0.39, 0.29) is 0 Å². The van der Waals surface area contributed by atoms with Crippen LogP contribution >= 0.6 is 0 Å². The third kappa shape index (κ3) is 1.98. The molecule has 3 nitrogen and oxygen atoms in total. The molecule has 1 aliphatic carbocycles. The van der Waals surface area contributed by atoms with Crippen LogP contribution in [0.25, 0.3) is 0 Å². The summed E-state index contributed by atoms with van der Waals surface area (Å²) in [6.07, 6.45) is 5.41. The van der Waals surface area contributed by atoms with Gasteiger partial charge in [-0.05, 0) is 37.3 Å². The molecule has 0 aromatic heterocycles. The standard InChI is InChI=1S/C16H19FO3/c17-12-7-6-11-5-4-10-20-14(11)13(12)16(15(18)19)8-2-1-3-9-16/h6-7H,1-5,8-10H2,(H,18,19). The van der Waals surface area contributed by atoms with E-state index in [1.807, 2.05) is 0 Å². The highest BCUT2D eigenvalue weighted by Crippen LogP contribution is 2.46. The second-order valence-electron chi connectivity index (χ2n) is 5.81. The second-order valence-corrected chi connectivity index (χ2v) is 5.81. The summed E-state index contributed by atoms with van der Waals surface area (Å²) in [5, 5.41) is 9.75. The minimum Gasteiger partial charge on any atom is -0.493 e. The molecule has 4 heteroatoms. The SMILES string of the molecule is O=C(O)C1(c2c(F)ccc3c2OCCC3)CCCCC1. The number of aliphatic carboxylic acids is 1. The van der Waals surface area contributed by atoms with E-state index in [1.54, 1.807) is 6.07 Å². The lowest BCUT2D eigenvalue weighted by atomic mass is 9.68. The topological polar surface area (TPSA) is 46.5 Å². The summed E-state index contributed by atoms with van der Waals surface area (Å²) in [6, 6.07) is 3.13. The summed E-state index contributed by atoms with van der Waals surface area (Å²) in [4.78, 5) is 11.9. The van der Waals surface area contributed by atoms with Gasteiger partial charge >= 0.3 is 5.97 Å². The van der Waals surface area contributed by atoms with E-state index < -0.39 is 17.2 Å². The number of carboxylic acid groups (broad SMARTS) is 1. The van der Waals surface area contributed by atoms with Crippen molar-refractivity contribution in [2.45, 2.75) is 50.4 Å². The predicted molar refractivity (Wildman–Crippen MR) is 72.6 cm³/mol. The molecular weight excluding hydrogens is 259 g/mol. The number of hydrogen-bond acceptors (Lipinski definition) is 2. The Hall–Kier alpha value is -1.58. The molecule has 0 amide bonds. The number of fused-ring (bicyclic) bond motifs is 1. The number of carbonyl (C=O) groups is 1. The third-order valence-corrected chi connectivity index (χ3v) is 4.62. The van der Waals surface area contributed by atoms with Crippen molar-refractivity contribution in [2.24, 2.45) is 0 Å². The highest BCUT2D eigenvalue weighted by atomic mass is 19.1. The van der Waals surface area contributed by atoms with Gasteiger partial charge in [0.05, 0.1) is 12.0 Å². The Bertz CT molecular complexity index is 533. The second kappa shape index (κ2) is 5.08. The van der Waals surface area contributed by atoms with Gasteiger partial charge in [-0.15, -0.1) is 0 Å². The first-order valence-corrected chi connectivity index (χ1v) is 7.33. The molecule has 2 aliphatic rings. The smallest absolute Gasteiger partial charge is 0.314 e. The van der Waals surface area contributed by atoms with Gasteiger partial charge in [0.25, 0.3) is 0 Å². The van der Waals surface area contributed by atoms with Gasteiger partial charge in [0, 0.05) is 5.56 Å². The number of carboxylic acids is 1. The van der Waals surface area contributed by atoms with Crippen molar-refractivity contribution in [2.75, 3.05) is 6.61 Å². The first-order valence-electron chi connectivity index (χ1n) is 7.33. The summed E-state index contributed by atoms with van der Waals surface area (Å²) in [5.41, 5.74) is 0.131. The van der Waals surface area contributed by atoms with Crippen LogP contribution in [0.3, 0.4) is 0 Å².